The van der Waals surface area contributed by atoms with Crippen molar-refractivity contribution < 1.29 is 18.0 Å². The summed E-state index contributed by atoms with van der Waals surface area (Å²) in [5, 5.41) is 5.68. The van der Waals surface area contributed by atoms with Crippen LogP contribution in [0.25, 0.3) is 0 Å². The van der Waals surface area contributed by atoms with Crippen LogP contribution in [-0.2, 0) is 14.8 Å². The molecule has 8 heteroatoms. The van der Waals surface area contributed by atoms with E-state index in [-0.39, 0.29) is 28.7 Å². The highest BCUT2D eigenvalue weighted by Crippen LogP contribution is 2.27. The maximum absolute atomic E-state index is 13.1. The second kappa shape index (κ2) is 11.6. The zero-order valence-corrected chi connectivity index (χ0v) is 21.0. The van der Waals surface area contributed by atoms with Crippen LogP contribution in [-0.4, -0.2) is 37.1 Å². The number of sulfonamides is 1. The summed E-state index contributed by atoms with van der Waals surface area (Å²) < 4.78 is 27.9. The zero-order valence-electron chi connectivity index (χ0n) is 20.2. The molecular weight excluding hydrogens is 450 g/mol. The summed E-state index contributed by atoms with van der Waals surface area (Å²) in [5.74, 6) is -0.459. The molecule has 7 nitrogen and oxygen atoms in total. The van der Waals surface area contributed by atoms with Crippen LogP contribution in [0.1, 0.15) is 69.7 Å². The molecule has 0 bridgehead atoms. The van der Waals surface area contributed by atoms with Gasteiger partial charge < -0.3 is 10.6 Å². The number of nitrogens with zero attached hydrogens (tertiary/aromatic N) is 1. The summed E-state index contributed by atoms with van der Waals surface area (Å²) in [6, 6.07) is 13.1. The molecule has 2 aromatic rings. The Labute approximate surface area is 203 Å². The van der Waals surface area contributed by atoms with Crippen molar-refractivity contribution in [1.29, 1.82) is 0 Å². The van der Waals surface area contributed by atoms with Gasteiger partial charge in [0.2, 0.25) is 15.9 Å². The third-order valence-corrected chi connectivity index (χ3v) is 8.48. The van der Waals surface area contributed by atoms with Crippen LogP contribution in [0.2, 0.25) is 0 Å². The van der Waals surface area contributed by atoms with Gasteiger partial charge >= 0.3 is 0 Å². The molecule has 1 fully saturated rings. The van der Waals surface area contributed by atoms with E-state index in [1.54, 1.807) is 52.8 Å². The number of benzene rings is 2. The fourth-order valence-electron chi connectivity index (χ4n) is 4.39. The van der Waals surface area contributed by atoms with Gasteiger partial charge in [0.1, 0.15) is 0 Å². The Hall–Kier alpha value is -2.71. The molecule has 184 valence electrons. The highest BCUT2D eigenvalue weighted by molar-refractivity contribution is 7.89. The minimum atomic E-state index is -3.57. The van der Waals surface area contributed by atoms with E-state index in [4.69, 9.17) is 0 Å². The number of hydrogen-bond acceptors (Lipinski definition) is 4. The van der Waals surface area contributed by atoms with E-state index in [1.165, 1.54) is 0 Å². The molecule has 1 unspecified atom stereocenters. The lowest BCUT2D eigenvalue weighted by molar-refractivity contribution is -0.120. The van der Waals surface area contributed by atoms with E-state index in [0.29, 0.717) is 23.5 Å². The lowest BCUT2D eigenvalue weighted by Gasteiger charge is -2.34. The standard InChI is InChI=1S/C26H35N3O4S/c1-4-19(5-2)25(30)28-22-11-9-10-20(18-22)26(31)27-21-13-15-24(16-14-21)34(32,33)29-17-8-7-12-23(29)6-3/h9-11,13-16,18-19,23H,4-8,12,17H2,1-3H3,(H,27,31)(H,28,30). The van der Waals surface area contributed by atoms with Gasteiger partial charge in [-0.05, 0) is 74.6 Å². The van der Waals surface area contributed by atoms with Gasteiger partial charge in [0.25, 0.3) is 5.91 Å². The molecular formula is C26H35N3O4S. The maximum atomic E-state index is 13.1. The smallest absolute Gasteiger partial charge is 0.255 e. The quantitative estimate of drug-likeness (QED) is 0.506. The van der Waals surface area contributed by atoms with Gasteiger partial charge in [-0.25, -0.2) is 8.42 Å². The summed E-state index contributed by atoms with van der Waals surface area (Å²) in [6.07, 6.45) is 5.13. The van der Waals surface area contributed by atoms with Crippen LogP contribution < -0.4 is 10.6 Å². The number of carbonyl (C=O) groups excluding carboxylic acids is 2. The third kappa shape index (κ3) is 6.04. The SMILES string of the molecule is CCC(CC)C(=O)Nc1cccc(C(=O)Nc2ccc(S(=O)(=O)N3CCCCC3CC)cc2)c1. The van der Waals surface area contributed by atoms with Crippen molar-refractivity contribution in [3.05, 3.63) is 54.1 Å². The molecule has 2 aromatic carbocycles. The molecule has 1 atom stereocenters. The highest BCUT2D eigenvalue weighted by Gasteiger charge is 2.32. The molecule has 3 rings (SSSR count). The van der Waals surface area contributed by atoms with Crippen molar-refractivity contribution in [2.45, 2.75) is 70.2 Å². The minimum absolute atomic E-state index is 0.0378. The Morgan fingerprint density at radius 3 is 2.32 bits per heavy atom. The molecule has 1 aliphatic rings. The third-order valence-electron chi connectivity index (χ3n) is 6.51. The van der Waals surface area contributed by atoms with Crippen LogP contribution in [0.3, 0.4) is 0 Å². The lowest BCUT2D eigenvalue weighted by Crippen LogP contribution is -2.43. The van der Waals surface area contributed by atoms with Crippen LogP contribution >= 0.6 is 0 Å². The van der Waals surface area contributed by atoms with Gasteiger partial charge in [0.15, 0.2) is 0 Å². The van der Waals surface area contributed by atoms with Crippen molar-refractivity contribution in [1.82, 2.24) is 4.31 Å². The van der Waals surface area contributed by atoms with Crippen molar-refractivity contribution in [3.63, 3.8) is 0 Å². The van der Waals surface area contributed by atoms with Gasteiger partial charge in [0.05, 0.1) is 4.90 Å². The van der Waals surface area contributed by atoms with Crippen LogP contribution in [0.4, 0.5) is 11.4 Å². The summed E-state index contributed by atoms with van der Waals surface area (Å²) >= 11 is 0. The maximum Gasteiger partial charge on any atom is 0.255 e. The van der Waals surface area contributed by atoms with E-state index in [1.807, 2.05) is 20.8 Å². The average molecular weight is 486 g/mol. The highest BCUT2D eigenvalue weighted by atomic mass is 32.2. The molecule has 2 amide bonds. The average Bonchev–Trinajstić information content (AvgIpc) is 2.85. The van der Waals surface area contributed by atoms with E-state index in [0.717, 1.165) is 38.5 Å². The molecule has 2 N–H and O–H groups in total. The Kier molecular flexibility index (Phi) is 8.85. The van der Waals surface area contributed by atoms with E-state index in [2.05, 4.69) is 10.6 Å². The lowest BCUT2D eigenvalue weighted by atomic mass is 10.0. The first-order chi connectivity index (χ1) is 16.3. The zero-order chi connectivity index (χ0) is 24.7. The summed E-state index contributed by atoms with van der Waals surface area (Å²) in [4.78, 5) is 25.3. The molecule has 34 heavy (non-hydrogen) atoms. The topological polar surface area (TPSA) is 95.6 Å². The molecule has 1 saturated heterocycles. The number of anilines is 2. The second-order valence-electron chi connectivity index (χ2n) is 8.74. The molecule has 0 radical (unpaired) electrons. The first kappa shape index (κ1) is 25.9. The molecule has 1 heterocycles. The Bertz CT molecular complexity index is 1100. The van der Waals surface area contributed by atoms with Crippen molar-refractivity contribution in [3.8, 4) is 0 Å². The Morgan fingerprint density at radius 1 is 0.971 bits per heavy atom. The molecule has 0 spiro atoms. The second-order valence-corrected chi connectivity index (χ2v) is 10.6. The summed E-state index contributed by atoms with van der Waals surface area (Å²) in [7, 11) is -3.57. The summed E-state index contributed by atoms with van der Waals surface area (Å²) in [5.41, 5.74) is 1.47. The van der Waals surface area contributed by atoms with E-state index >= 15 is 0 Å². The Morgan fingerprint density at radius 2 is 1.68 bits per heavy atom. The number of carbonyl (C=O) groups is 2. The largest absolute Gasteiger partial charge is 0.326 e. The predicted molar refractivity (Wildman–Crippen MR) is 135 cm³/mol. The molecule has 1 aliphatic heterocycles. The number of piperidine rings is 1. The van der Waals surface area contributed by atoms with E-state index < -0.39 is 10.0 Å². The number of rotatable bonds is 9. The van der Waals surface area contributed by atoms with Gasteiger partial charge in [-0.1, -0.05) is 33.3 Å². The van der Waals surface area contributed by atoms with Gasteiger partial charge in [-0.2, -0.15) is 4.31 Å². The normalized spacial score (nSPS) is 16.9. The van der Waals surface area contributed by atoms with Crippen molar-refractivity contribution in [2.24, 2.45) is 5.92 Å². The predicted octanol–water partition coefficient (Wildman–Crippen LogP) is 5.27. The van der Waals surface area contributed by atoms with Crippen LogP contribution in [0.15, 0.2) is 53.4 Å². The first-order valence-corrected chi connectivity index (χ1v) is 13.6. The van der Waals surface area contributed by atoms with Crippen LogP contribution in [0, 0.1) is 5.92 Å². The molecule has 0 aromatic heterocycles. The van der Waals surface area contributed by atoms with Crippen molar-refractivity contribution >= 4 is 33.2 Å². The van der Waals surface area contributed by atoms with Crippen LogP contribution in [0.5, 0.6) is 0 Å². The fraction of sp³-hybridized carbons (Fsp3) is 0.462. The summed E-state index contributed by atoms with van der Waals surface area (Å²) in [6.45, 7) is 6.51. The number of amides is 2. The van der Waals surface area contributed by atoms with Gasteiger partial charge in [-0.15, -0.1) is 0 Å². The molecule has 0 saturated carbocycles. The fourth-order valence-corrected chi connectivity index (χ4v) is 6.16. The van der Waals surface area contributed by atoms with E-state index in [9.17, 15) is 18.0 Å². The van der Waals surface area contributed by atoms with Crippen molar-refractivity contribution in [2.75, 3.05) is 17.2 Å². The Balaban J connectivity index is 1.69. The number of nitrogens with one attached hydrogen (secondary N) is 2. The van der Waals surface area contributed by atoms with Gasteiger partial charge in [-0.3, -0.25) is 9.59 Å². The minimum Gasteiger partial charge on any atom is -0.326 e. The monoisotopic (exact) mass is 485 g/mol. The molecule has 0 aliphatic carbocycles. The number of hydrogen-bond donors (Lipinski definition) is 2. The first-order valence-electron chi connectivity index (χ1n) is 12.1. The van der Waals surface area contributed by atoms with Gasteiger partial charge in [0, 0.05) is 35.4 Å².